The summed E-state index contributed by atoms with van der Waals surface area (Å²) in [5, 5.41) is 16.3. The second-order valence-corrected chi connectivity index (χ2v) is 8.40. The number of esters is 1. The Hall–Kier alpha value is -4.35. The molecule has 3 rings (SSSR count). The van der Waals surface area contributed by atoms with Crippen molar-refractivity contribution in [1.29, 1.82) is 0 Å². The van der Waals surface area contributed by atoms with Gasteiger partial charge in [-0.3, -0.25) is 14.9 Å². The van der Waals surface area contributed by atoms with E-state index in [-0.39, 0.29) is 30.7 Å². The van der Waals surface area contributed by atoms with Gasteiger partial charge in [-0.2, -0.15) is 0 Å². The lowest BCUT2D eigenvalue weighted by molar-refractivity contribution is -0.384. The first-order valence-corrected chi connectivity index (χ1v) is 11.7. The predicted octanol–water partition coefficient (Wildman–Crippen LogP) is 2.40. The van der Waals surface area contributed by atoms with Gasteiger partial charge in [-0.1, -0.05) is 30.3 Å². The molecule has 2 amide bonds. The summed E-state index contributed by atoms with van der Waals surface area (Å²) >= 11 is 0. The normalized spacial score (nSPS) is 14.3. The monoisotopic (exact) mass is 514 g/mol. The molecule has 0 aromatic heterocycles. The van der Waals surface area contributed by atoms with Gasteiger partial charge in [0.15, 0.2) is 0 Å². The Morgan fingerprint density at radius 1 is 1.11 bits per heavy atom. The lowest BCUT2D eigenvalue weighted by atomic mass is 9.95. The molecule has 2 N–H and O–H groups in total. The van der Waals surface area contributed by atoms with Gasteiger partial charge in [-0.05, 0) is 24.5 Å². The number of nitro groups is 1. The summed E-state index contributed by atoms with van der Waals surface area (Å²) in [7, 11) is 2.68. The number of nitro benzene ring substituents is 1. The van der Waals surface area contributed by atoms with Crippen LogP contribution >= 0.6 is 0 Å². The van der Waals surface area contributed by atoms with Crippen LogP contribution in [0, 0.1) is 16.0 Å². The SMILES string of the molecule is COC(=O)[C@H](CNC(=O)C1CCN(c2cc([N+](=O)[O-])ccc2OC)CC1)NC(=O)OCc1ccccc1. The molecule has 12 heteroatoms. The molecule has 1 saturated heterocycles. The molecule has 2 aromatic rings. The van der Waals surface area contributed by atoms with Gasteiger partial charge in [0.05, 0.1) is 24.8 Å². The van der Waals surface area contributed by atoms with Gasteiger partial charge in [-0.15, -0.1) is 0 Å². The lowest BCUT2D eigenvalue weighted by Crippen LogP contribution is -2.50. The van der Waals surface area contributed by atoms with Crippen molar-refractivity contribution in [3.8, 4) is 5.75 Å². The van der Waals surface area contributed by atoms with Gasteiger partial charge in [0.25, 0.3) is 5.69 Å². The number of ether oxygens (including phenoxy) is 3. The molecule has 12 nitrogen and oxygen atoms in total. The molecule has 0 unspecified atom stereocenters. The molecule has 0 saturated carbocycles. The summed E-state index contributed by atoms with van der Waals surface area (Å²) < 4.78 is 15.2. The van der Waals surface area contributed by atoms with Crippen LogP contribution in [0.15, 0.2) is 48.5 Å². The van der Waals surface area contributed by atoms with Gasteiger partial charge < -0.3 is 29.7 Å². The molecular weight excluding hydrogens is 484 g/mol. The quantitative estimate of drug-likeness (QED) is 0.277. The molecule has 1 fully saturated rings. The van der Waals surface area contributed by atoms with E-state index >= 15 is 0 Å². The van der Waals surface area contributed by atoms with Crippen molar-refractivity contribution in [2.75, 3.05) is 38.8 Å². The number of methoxy groups -OCH3 is 2. The Kier molecular flexibility index (Phi) is 9.64. The first kappa shape index (κ1) is 27.2. The maximum atomic E-state index is 12.8. The van der Waals surface area contributed by atoms with E-state index in [2.05, 4.69) is 10.6 Å². The van der Waals surface area contributed by atoms with E-state index in [4.69, 9.17) is 14.2 Å². The van der Waals surface area contributed by atoms with Crippen LogP contribution in [-0.4, -0.2) is 62.8 Å². The van der Waals surface area contributed by atoms with E-state index in [1.807, 2.05) is 23.1 Å². The fourth-order valence-electron chi connectivity index (χ4n) is 4.01. The number of nitrogens with one attached hydrogen (secondary N) is 2. The van der Waals surface area contributed by atoms with Crippen molar-refractivity contribution in [3.05, 3.63) is 64.2 Å². The predicted molar refractivity (Wildman–Crippen MR) is 133 cm³/mol. The number of hydrogen-bond donors (Lipinski definition) is 2. The maximum absolute atomic E-state index is 12.8. The summed E-state index contributed by atoms with van der Waals surface area (Å²) in [6.07, 6.45) is 0.174. The Balaban J connectivity index is 1.51. The molecule has 0 bridgehead atoms. The number of rotatable bonds is 10. The Labute approximate surface area is 214 Å². The van der Waals surface area contributed by atoms with E-state index in [0.29, 0.717) is 37.4 Å². The minimum absolute atomic E-state index is 0.0286. The third-order valence-electron chi connectivity index (χ3n) is 6.05. The first-order valence-electron chi connectivity index (χ1n) is 11.7. The van der Waals surface area contributed by atoms with Crippen LogP contribution in [0.4, 0.5) is 16.2 Å². The van der Waals surface area contributed by atoms with E-state index in [0.717, 1.165) is 5.56 Å². The van der Waals surface area contributed by atoms with E-state index in [9.17, 15) is 24.5 Å². The largest absolute Gasteiger partial charge is 0.495 e. The zero-order valence-electron chi connectivity index (χ0n) is 20.7. The number of hydrogen-bond acceptors (Lipinski definition) is 9. The highest BCUT2D eigenvalue weighted by molar-refractivity contribution is 5.84. The van der Waals surface area contributed by atoms with Crippen molar-refractivity contribution in [3.63, 3.8) is 0 Å². The lowest BCUT2D eigenvalue weighted by Gasteiger charge is -2.33. The average molecular weight is 515 g/mol. The topological polar surface area (TPSA) is 149 Å². The number of anilines is 1. The summed E-state index contributed by atoms with van der Waals surface area (Å²) in [5.74, 6) is -0.799. The first-order chi connectivity index (χ1) is 17.8. The fourth-order valence-corrected chi connectivity index (χ4v) is 4.01. The number of amides is 2. The summed E-state index contributed by atoms with van der Waals surface area (Å²) in [5.41, 5.74) is 1.34. The van der Waals surface area contributed by atoms with Crippen molar-refractivity contribution < 1.29 is 33.5 Å². The number of non-ortho nitro benzene ring substituents is 1. The van der Waals surface area contributed by atoms with Gasteiger partial charge >= 0.3 is 12.1 Å². The molecule has 2 aromatic carbocycles. The van der Waals surface area contributed by atoms with Crippen LogP contribution in [0.5, 0.6) is 5.75 Å². The molecule has 0 aliphatic carbocycles. The second kappa shape index (κ2) is 13.1. The smallest absolute Gasteiger partial charge is 0.408 e. The maximum Gasteiger partial charge on any atom is 0.408 e. The number of carbonyl (C=O) groups is 3. The van der Waals surface area contributed by atoms with E-state index in [1.165, 1.54) is 26.4 Å². The van der Waals surface area contributed by atoms with Gasteiger partial charge in [-0.25, -0.2) is 9.59 Å². The van der Waals surface area contributed by atoms with Gasteiger partial charge in [0.1, 0.15) is 18.4 Å². The van der Waals surface area contributed by atoms with Gasteiger partial charge in [0, 0.05) is 37.7 Å². The Morgan fingerprint density at radius 2 is 1.81 bits per heavy atom. The number of nitrogens with zero attached hydrogens (tertiary/aromatic N) is 2. The number of carbonyl (C=O) groups excluding carboxylic acids is 3. The molecule has 0 spiro atoms. The third kappa shape index (κ3) is 7.56. The number of piperidine rings is 1. The Bertz CT molecular complexity index is 1100. The summed E-state index contributed by atoms with van der Waals surface area (Å²) in [6, 6.07) is 12.3. The minimum Gasteiger partial charge on any atom is -0.495 e. The van der Waals surface area contributed by atoms with Crippen molar-refractivity contribution in [2.45, 2.75) is 25.5 Å². The molecule has 198 valence electrons. The van der Waals surface area contributed by atoms with E-state index < -0.39 is 23.0 Å². The highest BCUT2D eigenvalue weighted by Crippen LogP contribution is 2.34. The van der Waals surface area contributed by atoms with Crippen LogP contribution in [0.25, 0.3) is 0 Å². The molecule has 0 radical (unpaired) electrons. The average Bonchev–Trinajstić information content (AvgIpc) is 2.93. The molecule has 1 aliphatic rings. The molecular formula is C25H30N4O8. The fraction of sp³-hybridized carbons (Fsp3) is 0.400. The summed E-state index contributed by atoms with van der Waals surface area (Å²) in [6.45, 7) is 0.839. The minimum atomic E-state index is -1.12. The van der Waals surface area contributed by atoms with Crippen molar-refractivity contribution in [2.24, 2.45) is 5.92 Å². The van der Waals surface area contributed by atoms with Crippen molar-refractivity contribution >= 4 is 29.3 Å². The van der Waals surface area contributed by atoms with Crippen LogP contribution in [0.3, 0.4) is 0 Å². The highest BCUT2D eigenvalue weighted by Gasteiger charge is 2.29. The molecule has 1 heterocycles. The van der Waals surface area contributed by atoms with Crippen LogP contribution < -0.4 is 20.3 Å². The molecule has 1 aliphatic heterocycles. The van der Waals surface area contributed by atoms with Crippen LogP contribution in [0.1, 0.15) is 18.4 Å². The third-order valence-corrected chi connectivity index (χ3v) is 6.05. The molecule has 1 atom stereocenters. The second-order valence-electron chi connectivity index (χ2n) is 8.40. The summed E-state index contributed by atoms with van der Waals surface area (Å²) in [4.78, 5) is 49.7. The zero-order valence-corrected chi connectivity index (χ0v) is 20.7. The zero-order chi connectivity index (χ0) is 26.8. The van der Waals surface area contributed by atoms with Crippen LogP contribution in [0.2, 0.25) is 0 Å². The number of alkyl carbamates (subject to hydrolysis) is 1. The van der Waals surface area contributed by atoms with Crippen LogP contribution in [-0.2, 0) is 25.7 Å². The molecule has 37 heavy (non-hydrogen) atoms. The van der Waals surface area contributed by atoms with Gasteiger partial charge in [0.2, 0.25) is 5.91 Å². The highest BCUT2D eigenvalue weighted by atomic mass is 16.6. The standard InChI is InChI=1S/C25H30N4O8/c1-35-22-9-8-19(29(33)34)14-21(22)28-12-10-18(11-13-28)23(30)26-15-20(24(31)36-2)27-25(32)37-16-17-6-4-3-5-7-17/h3-9,14,18,20H,10-13,15-16H2,1-2H3,(H,26,30)(H,27,32)/t20-/m0/s1. The van der Waals surface area contributed by atoms with E-state index in [1.54, 1.807) is 18.2 Å². The number of benzene rings is 2. The Morgan fingerprint density at radius 3 is 2.43 bits per heavy atom. The van der Waals surface area contributed by atoms with Crippen molar-refractivity contribution in [1.82, 2.24) is 10.6 Å².